The fourth-order valence-corrected chi connectivity index (χ4v) is 1.75. The van der Waals surface area contributed by atoms with E-state index in [0.29, 0.717) is 5.76 Å². The highest BCUT2D eigenvalue weighted by Crippen LogP contribution is 2.18. The molecule has 0 aliphatic rings. The molecule has 0 unspecified atom stereocenters. The van der Waals surface area contributed by atoms with Gasteiger partial charge in [0.2, 0.25) is 0 Å². The van der Waals surface area contributed by atoms with Crippen molar-refractivity contribution in [1.29, 1.82) is 0 Å². The summed E-state index contributed by atoms with van der Waals surface area (Å²) in [5.41, 5.74) is 2.90. The molecule has 19 heavy (non-hydrogen) atoms. The van der Waals surface area contributed by atoms with Crippen LogP contribution in [0.5, 0.6) is 0 Å². The third kappa shape index (κ3) is 3.48. The molecule has 0 bridgehead atoms. The quantitative estimate of drug-likeness (QED) is 0.880. The van der Waals surface area contributed by atoms with Gasteiger partial charge in [-0.05, 0) is 43.2 Å². The van der Waals surface area contributed by atoms with E-state index in [9.17, 15) is 4.79 Å². The second-order valence-corrected chi connectivity index (χ2v) is 4.21. The Morgan fingerprint density at radius 1 is 1.16 bits per heavy atom. The molecule has 2 N–H and O–H groups in total. The number of aryl methyl sites for hydroxylation is 2. The molecule has 1 heterocycles. The van der Waals surface area contributed by atoms with Gasteiger partial charge in [0.25, 0.3) is 0 Å². The Morgan fingerprint density at radius 2 is 1.89 bits per heavy atom. The van der Waals surface area contributed by atoms with Gasteiger partial charge in [-0.3, -0.25) is 0 Å². The zero-order valence-corrected chi connectivity index (χ0v) is 10.9. The summed E-state index contributed by atoms with van der Waals surface area (Å²) < 4.78 is 5.11. The van der Waals surface area contributed by atoms with Gasteiger partial charge in [0.15, 0.2) is 0 Å². The predicted molar refractivity (Wildman–Crippen MR) is 75.8 cm³/mol. The van der Waals surface area contributed by atoms with Crippen LogP contribution in [0.15, 0.2) is 47.2 Å². The molecule has 2 aromatic rings. The van der Waals surface area contributed by atoms with Crippen molar-refractivity contribution in [2.45, 2.75) is 13.8 Å². The lowest BCUT2D eigenvalue weighted by atomic mass is 10.1. The van der Waals surface area contributed by atoms with Crippen LogP contribution < -0.4 is 10.6 Å². The van der Waals surface area contributed by atoms with Crippen LogP contribution in [0.25, 0.3) is 6.08 Å². The molecule has 0 saturated carbocycles. The number of para-hydroxylation sites is 1. The van der Waals surface area contributed by atoms with Crippen molar-refractivity contribution in [3.63, 3.8) is 0 Å². The van der Waals surface area contributed by atoms with Crippen LogP contribution in [0.3, 0.4) is 0 Å². The van der Waals surface area contributed by atoms with Crippen molar-refractivity contribution in [3.8, 4) is 0 Å². The van der Waals surface area contributed by atoms with Gasteiger partial charge in [0.05, 0.1) is 6.26 Å². The Bertz CT molecular complexity index is 566. The maximum atomic E-state index is 11.7. The van der Waals surface area contributed by atoms with Crippen molar-refractivity contribution in [1.82, 2.24) is 5.32 Å². The number of rotatable bonds is 3. The summed E-state index contributed by atoms with van der Waals surface area (Å²) in [5, 5.41) is 5.46. The van der Waals surface area contributed by atoms with Gasteiger partial charge in [-0.25, -0.2) is 4.79 Å². The van der Waals surface area contributed by atoms with Gasteiger partial charge in [-0.15, -0.1) is 0 Å². The molecule has 98 valence electrons. The van der Waals surface area contributed by atoms with Crippen molar-refractivity contribution in [2.24, 2.45) is 0 Å². The molecule has 2 rings (SSSR count). The van der Waals surface area contributed by atoms with Gasteiger partial charge < -0.3 is 15.1 Å². The molecular formula is C15H16N2O2. The predicted octanol–water partition coefficient (Wildman–Crippen LogP) is 3.69. The van der Waals surface area contributed by atoms with Crippen molar-refractivity contribution >= 4 is 17.8 Å². The van der Waals surface area contributed by atoms with E-state index in [1.807, 2.05) is 38.1 Å². The van der Waals surface area contributed by atoms with Gasteiger partial charge in [-0.2, -0.15) is 0 Å². The standard InChI is InChI=1S/C15H16N2O2/c1-11-5-3-6-12(2)14(11)17-15(18)16-9-8-13-7-4-10-19-13/h3-10H,1-2H3,(H2,16,17,18). The Kier molecular flexibility index (Phi) is 4.03. The molecule has 4 heteroatoms. The average molecular weight is 256 g/mol. The summed E-state index contributed by atoms with van der Waals surface area (Å²) in [6.07, 6.45) is 4.81. The highest BCUT2D eigenvalue weighted by molar-refractivity contribution is 5.91. The maximum Gasteiger partial charge on any atom is 0.323 e. The number of hydrogen-bond acceptors (Lipinski definition) is 2. The monoisotopic (exact) mass is 256 g/mol. The average Bonchev–Trinajstić information content (AvgIpc) is 2.87. The smallest absolute Gasteiger partial charge is 0.323 e. The molecule has 0 aliphatic carbocycles. The number of carbonyl (C=O) groups excluding carboxylic acids is 1. The van der Waals surface area contributed by atoms with Crippen LogP contribution >= 0.6 is 0 Å². The first-order valence-corrected chi connectivity index (χ1v) is 6.00. The minimum atomic E-state index is -0.278. The van der Waals surface area contributed by atoms with Crippen LogP contribution in [-0.4, -0.2) is 6.03 Å². The third-order valence-corrected chi connectivity index (χ3v) is 2.72. The number of carbonyl (C=O) groups is 1. The number of furan rings is 1. The Balaban J connectivity index is 1.95. The van der Waals surface area contributed by atoms with E-state index in [4.69, 9.17) is 4.42 Å². The summed E-state index contributed by atoms with van der Waals surface area (Å²) in [6.45, 7) is 3.92. The number of benzene rings is 1. The van der Waals surface area contributed by atoms with Crippen LogP contribution in [0.2, 0.25) is 0 Å². The highest BCUT2D eigenvalue weighted by atomic mass is 16.3. The van der Waals surface area contributed by atoms with Crippen molar-refractivity contribution < 1.29 is 9.21 Å². The second kappa shape index (κ2) is 5.91. The largest absolute Gasteiger partial charge is 0.465 e. The number of hydrogen-bond donors (Lipinski definition) is 2. The number of urea groups is 1. The summed E-state index contributed by atoms with van der Waals surface area (Å²) >= 11 is 0. The fraction of sp³-hybridized carbons (Fsp3) is 0.133. The van der Waals surface area contributed by atoms with Gasteiger partial charge in [0.1, 0.15) is 5.76 Å². The molecule has 0 fully saturated rings. The summed E-state index contributed by atoms with van der Waals surface area (Å²) in [6, 6.07) is 9.20. The van der Waals surface area contributed by atoms with E-state index < -0.39 is 0 Å². The topological polar surface area (TPSA) is 54.3 Å². The second-order valence-electron chi connectivity index (χ2n) is 4.21. The zero-order valence-electron chi connectivity index (χ0n) is 10.9. The molecule has 1 aromatic carbocycles. The molecule has 0 saturated heterocycles. The Labute approximate surface area is 112 Å². The zero-order chi connectivity index (χ0) is 13.7. The van der Waals surface area contributed by atoms with E-state index in [1.165, 1.54) is 0 Å². The Hall–Kier alpha value is -2.49. The first-order chi connectivity index (χ1) is 9.16. The fourth-order valence-electron chi connectivity index (χ4n) is 1.75. The van der Waals surface area contributed by atoms with E-state index >= 15 is 0 Å². The van der Waals surface area contributed by atoms with Gasteiger partial charge in [0, 0.05) is 11.9 Å². The summed E-state index contributed by atoms with van der Waals surface area (Å²) in [7, 11) is 0. The van der Waals surface area contributed by atoms with Gasteiger partial charge >= 0.3 is 6.03 Å². The van der Waals surface area contributed by atoms with Crippen LogP contribution in [-0.2, 0) is 0 Å². The molecule has 2 amide bonds. The first-order valence-electron chi connectivity index (χ1n) is 6.00. The van der Waals surface area contributed by atoms with E-state index in [0.717, 1.165) is 16.8 Å². The lowest BCUT2D eigenvalue weighted by Crippen LogP contribution is -2.24. The van der Waals surface area contributed by atoms with E-state index in [2.05, 4.69) is 10.6 Å². The molecule has 1 aromatic heterocycles. The lowest BCUT2D eigenvalue weighted by molar-refractivity contribution is 0.255. The first kappa shape index (κ1) is 13.0. The molecule has 0 atom stereocenters. The lowest BCUT2D eigenvalue weighted by Gasteiger charge is -2.10. The maximum absolute atomic E-state index is 11.7. The summed E-state index contributed by atoms with van der Waals surface area (Å²) in [5.74, 6) is 0.687. The van der Waals surface area contributed by atoms with Crippen LogP contribution in [0, 0.1) is 13.8 Å². The molecule has 0 radical (unpaired) electrons. The van der Waals surface area contributed by atoms with Crippen LogP contribution in [0.4, 0.5) is 10.5 Å². The molecule has 0 aliphatic heterocycles. The number of anilines is 1. The number of nitrogens with one attached hydrogen (secondary N) is 2. The third-order valence-electron chi connectivity index (χ3n) is 2.72. The minimum Gasteiger partial charge on any atom is -0.465 e. The van der Waals surface area contributed by atoms with Crippen LogP contribution in [0.1, 0.15) is 16.9 Å². The summed E-state index contributed by atoms with van der Waals surface area (Å²) in [4.78, 5) is 11.7. The molecule has 4 nitrogen and oxygen atoms in total. The van der Waals surface area contributed by atoms with E-state index in [1.54, 1.807) is 24.6 Å². The van der Waals surface area contributed by atoms with Crippen molar-refractivity contribution in [3.05, 3.63) is 59.7 Å². The Morgan fingerprint density at radius 3 is 2.53 bits per heavy atom. The van der Waals surface area contributed by atoms with Crippen molar-refractivity contribution in [2.75, 3.05) is 5.32 Å². The van der Waals surface area contributed by atoms with E-state index in [-0.39, 0.29) is 6.03 Å². The number of amides is 2. The SMILES string of the molecule is Cc1cccc(C)c1NC(=O)NC=Cc1ccco1. The highest BCUT2D eigenvalue weighted by Gasteiger charge is 2.05. The molecular weight excluding hydrogens is 240 g/mol. The minimum absolute atomic E-state index is 0.278. The van der Waals surface area contributed by atoms with Gasteiger partial charge in [-0.1, -0.05) is 18.2 Å². The molecule has 0 spiro atoms. The normalized spacial score (nSPS) is 10.6.